The van der Waals surface area contributed by atoms with Gasteiger partial charge in [-0.2, -0.15) is 5.26 Å². The average molecular weight is 311 g/mol. The summed E-state index contributed by atoms with van der Waals surface area (Å²) in [4.78, 5) is 1.87. The van der Waals surface area contributed by atoms with Crippen LogP contribution in [0.4, 0.5) is 0 Å². The van der Waals surface area contributed by atoms with Crippen molar-refractivity contribution >= 4 is 15.9 Å². The maximum Gasteiger partial charge on any atom is 0.175 e. The summed E-state index contributed by atoms with van der Waals surface area (Å²) in [5, 5.41) is 9.22. The second-order valence-electron chi connectivity index (χ2n) is 4.38. The Hall–Kier alpha value is -1.25. The number of rotatable bonds is 2. The molecule has 1 aromatic carbocycles. The summed E-state index contributed by atoms with van der Waals surface area (Å²) < 4.78 is 12.1. The Kier molecular flexibility index (Phi) is 4.10. The lowest BCUT2D eigenvalue weighted by atomic mass is 10.1. The van der Waals surface area contributed by atoms with Crippen molar-refractivity contribution in [3.63, 3.8) is 0 Å². The predicted octanol–water partition coefficient (Wildman–Crippen LogP) is 2.74. The maximum absolute atomic E-state index is 9.22. The Morgan fingerprint density at radius 2 is 2.06 bits per heavy atom. The van der Waals surface area contributed by atoms with Crippen LogP contribution in [0.5, 0.6) is 11.5 Å². The number of halogens is 1. The molecule has 1 atom stereocenters. The first kappa shape index (κ1) is 13.2. The SMILES string of the molecule is CN(C)C(C#N)c1cc(Br)c2c(c1)OCCCO2. The van der Waals surface area contributed by atoms with Crippen LogP contribution in [0.3, 0.4) is 0 Å². The molecule has 1 aliphatic rings. The van der Waals surface area contributed by atoms with Gasteiger partial charge in [0.25, 0.3) is 0 Å². The van der Waals surface area contributed by atoms with Crippen molar-refractivity contribution in [1.29, 1.82) is 5.26 Å². The lowest BCUT2D eigenvalue weighted by Crippen LogP contribution is -2.18. The molecule has 1 aromatic rings. The van der Waals surface area contributed by atoms with E-state index in [1.807, 2.05) is 31.1 Å². The summed E-state index contributed by atoms with van der Waals surface area (Å²) >= 11 is 3.48. The van der Waals surface area contributed by atoms with E-state index in [4.69, 9.17) is 9.47 Å². The summed E-state index contributed by atoms with van der Waals surface area (Å²) in [6.07, 6.45) is 0.867. The molecule has 0 radical (unpaired) electrons. The van der Waals surface area contributed by atoms with E-state index in [1.54, 1.807) is 0 Å². The van der Waals surface area contributed by atoms with Crippen LogP contribution in [0.25, 0.3) is 0 Å². The van der Waals surface area contributed by atoms with Gasteiger partial charge in [-0.1, -0.05) is 0 Å². The van der Waals surface area contributed by atoms with Gasteiger partial charge in [-0.15, -0.1) is 0 Å². The molecule has 96 valence electrons. The Labute approximate surface area is 115 Å². The zero-order chi connectivity index (χ0) is 13.1. The highest BCUT2D eigenvalue weighted by atomic mass is 79.9. The summed E-state index contributed by atoms with van der Waals surface area (Å²) in [7, 11) is 3.76. The van der Waals surface area contributed by atoms with Crippen LogP contribution in [0, 0.1) is 11.3 Å². The predicted molar refractivity (Wildman–Crippen MR) is 71.8 cm³/mol. The molecule has 0 aliphatic carbocycles. The molecular formula is C13H15BrN2O2. The van der Waals surface area contributed by atoms with E-state index in [1.165, 1.54) is 0 Å². The van der Waals surface area contributed by atoms with Crippen molar-refractivity contribution in [2.45, 2.75) is 12.5 Å². The molecule has 1 unspecified atom stereocenters. The summed E-state index contributed by atoms with van der Waals surface area (Å²) in [5.41, 5.74) is 0.902. The van der Waals surface area contributed by atoms with Gasteiger partial charge < -0.3 is 9.47 Å². The molecule has 0 saturated heterocycles. The number of ether oxygens (including phenoxy) is 2. The van der Waals surface area contributed by atoms with Crippen molar-refractivity contribution in [3.05, 3.63) is 22.2 Å². The first-order valence-corrected chi connectivity index (χ1v) is 6.58. The molecule has 1 heterocycles. The zero-order valence-electron chi connectivity index (χ0n) is 10.4. The molecule has 1 aliphatic heterocycles. The lowest BCUT2D eigenvalue weighted by molar-refractivity contribution is 0.296. The highest BCUT2D eigenvalue weighted by Gasteiger charge is 2.20. The molecule has 0 spiro atoms. The van der Waals surface area contributed by atoms with Crippen molar-refractivity contribution in [1.82, 2.24) is 4.90 Å². The van der Waals surface area contributed by atoms with Crippen molar-refractivity contribution in [2.75, 3.05) is 27.3 Å². The monoisotopic (exact) mass is 310 g/mol. The minimum absolute atomic E-state index is 0.293. The smallest absolute Gasteiger partial charge is 0.175 e. The normalized spacial score (nSPS) is 15.9. The Bertz CT molecular complexity index is 483. The summed E-state index contributed by atoms with van der Waals surface area (Å²) in [6.45, 7) is 1.29. The Balaban J connectivity index is 2.43. The van der Waals surface area contributed by atoms with Gasteiger partial charge in [0.1, 0.15) is 6.04 Å². The maximum atomic E-state index is 9.22. The molecule has 0 bridgehead atoms. The Morgan fingerprint density at radius 1 is 1.33 bits per heavy atom. The fourth-order valence-electron chi connectivity index (χ4n) is 1.90. The van der Waals surface area contributed by atoms with Crippen LogP contribution in [-0.4, -0.2) is 32.2 Å². The molecular weight excluding hydrogens is 296 g/mol. The third kappa shape index (κ3) is 2.60. The third-order valence-corrected chi connectivity index (χ3v) is 3.37. The van der Waals surface area contributed by atoms with E-state index in [-0.39, 0.29) is 6.04 Å². The number of benzene rings is 1. The van der Waals surface area contributed by atoms with E-state index in [0.717, 1.165) is 22.2 Å². The van der Waals surface area contributed by atoms with Crippen LogP contribution in [0.2, 0.25) is 0 Å². The van der Waals surface area contributed by atoms with Gasteiger partial charge in [0.15, 0.2) is 11.5 Å². The van der Waals surface area contributed by atoms with Crippen LogP contribution in [0.1, 0.15) is 18.0 Å². The number of hydrogen-bond donors (Lipinski definition) is 0. The molecule has 18 heavy (non-hydrogen) atoms. The highest BCUT2D eigenvalue weighted by Crippen LogP contribution is 2.40. The summed E-state index contributed by atoms with van der Waals surface area (Å²) in [5.74, 6) is 1.44. The number of nitriles is 1. The van der Waals surface area contributed by atoms with E-state index in [9.17, 15) is 5.26 Å². The van der Waals surface area contributed by atoms with Gasteiger partial charge in [0, 0.05) is 6.42 Å². The number of nitrogens with zero attached hydrogens (tertiary/aromatic N) is 2. The zero-order valence-corrected chi connectivity index (χ0v) is 12.0. The van der Waals surface area contributed by atoms with Gasteiger partial charge in [0.2, 0.25) is 0 Å². The van der Waals surface area contributed by atoms with Crippen LogP contribution >= 0.6 is 15.9 Å². The molecule has 4 nitrogen and oxygen atoms in total. The summed E-state index contributed by atoms with van der Waals surface area (Å²) in [6, 6.07) is 5.79. The Morgan fingerprint density at radius 3 is 2.72 bits per heavy atom. The van der Waals surface area contributed by atoms with Crippen LogP contribution in [0.15, 0.2) is 16.6 Å². The first-order valence-electron chi connectivity index (χ1n) is 5.78. The standard InChI is InChI=1S/C13H15BrN2O2/c1-16(2)11(8-15)9-6-10(14)13-12(7-9)17-4-3-5-18-13/h6-7,11H,3-5H2,1-2H3. The molecule has 0 saturated carbocycles. The van der Waals surface area contributed by atoms with Gasteiger partial charge in [-0.25, -0.2) is 0 Å². The molecule has 0 aromatic heterocycles. The quantitative estimate of drug-likeness (QED) is 0.842. The van der Waals surface area contributed by atoms with E-state index < -0.39 is 0 Å². The van der Waals surface area contributed by atoms with Crippen LogP contribution in [-0.2, 0) is 0 Å². The van der Waals surface area contributed by atoms with Crippen molar-refractivity contribution < 1.29 is 9.47 Å². The first-order chi connectivity index (χ1) is 8.63. The third-order valence-electron chi connectivity index (χ3n) is 2.78. The molecule has 5 heteroatoms. The minimum atomic E-state index is -0.293. The van der Waals surface area contributed by atoms with Crippen molar-refractivity contribution in [3.8, 4) is 17.6 Å². The lowest BCUT2D eigenvalue weighted by Gasteiger charge is -2.19. The van der Waals surface area contributed by atoms with Gasteiger partial charge in [-0.3, -0.25) is 4.90 Å². The number of fused-ring (bicyclic) bond motifs is 1. The van der Waals surface area contributed by atoms with E-state index in [2.05, 4.69) is 22.0 Å². The highest BCUT2D eigenvalue weighted by molar-refractivity contribution is 9.10. The van der Waals surface area contributed by atoms with Gasteiger partial charge >= 0.3 is 0 Å². The minimum Gasteiger partial charge on any atom is -0.490 e. The van der Waals surface area contributed by atoms with Gasteiger partial charge in [-0.05, 0) is 47.7 Å². The fourth-order valence-corrected chi connectivity index (χ4v) is 2.47. The second kappa shape index (κ2) is 5.59. The topological polar surface area (TPSA) is 45.5 Å². The molecule has 0 N–H and O–H groups in total. The molecule has 2 rings (SSSR count). The van der Waals surface area contributed by atoms with Crippen molar-refractivity contribution in [2.24, 2.45) is 0 Å². The number of hydrogen-bond acceptors (Lipinski definition) is 4. The van der Waals surface area contributed by atoms with E-state index in [0.29, 0.717) is 19.0 Å². The fraction of sp³-hybridized carbons (Fsp3) is 0.462. The average Bonchev–Trinajstić information content (AvgIpc) is 2.55. The second-order valence-corrected chi connectivity index (χ2v) is 5.23. The van der Waals surface area contributed by atoms with E-state index >= 15 is 0 Å². The largest absolute Gasteiger partial charge is 0.490 e. The molecule has 0 fully saturated rings. The van der Waals surface area contributed by atoms with Gasteiger partial charge in [0.05, 0.1) is 23.8 Å². The molecule has 0 amide bonds. The van der Waals surface area contributed by atoms with Crippen LogP contribution < -0.4 is 9.47 Å².